The van der Waals surface area contributed by atoms with Crippen LogP contribution in [0.5, 0.6) is 0 Å². The zero-order valence-electron chi connectivity index (χ0n) is 8.46. The first kappa shape index (κ1) is 9.96. The predicted molar refractivity (Wildman–Crippen MR) is 48.3 cm³/mol. The molecule has 0 radical (unpaired) electrons. The van der Waals surface area contributed by atoms with Crippen molar-refractivity contribution in [1.82, 2.24) is 4.90 Å². The van der Waals surface area contributed by atoms with Crippen LogP contribution in [-0.4, -0.2) is 51.0 Å². The maximum absolute atomic E-state index is 5.33. The molecule has 1 rings (SSSR count). The van der Waals surface area contributed by atoms with E-state index < -0.39 is 0 Å². The molecule has 0 spiro atoms. The topological polar surface area (TPSA) is 21.7 Å². The molecule has 1 saturated heterocycles. The highest BCUT2D eigenvalue weighted by Crippen LogP contribution is 2.28. The fourth-order valence-corrected chi connectivity index (χ4v) is 1.87. The summed E-state index contributed by atoms with van der Waals surface area (Å²) in [6.07, 6.45) is 1.43. The Bertz CT molecular complexity index is 151. The summed E-state index contributed by atoms with van der Waals surface area (Å²) in [5.74, 6) is 0. The van der Waals surface area contributed by atoms with Gasteiger partial charge in [-0.05, 0) is 20.4 Å². The summed E-state index contributed by atoms with van der Waals surface area (Å²) in [5.41, 5.74) is 0.162. The first-order chi connectivity index (χ1) is 5.62. The van der Waals surface area contributed by atoms with Gasteiger partial charge in [-0.1, -0.05) is 0 Å². The summed E-state index contributed by atoms with van der Waals surface area (Å²) >= 11 is 0. The third-order valence-corrected chi connectivity index (χ3v) is 2.86. The molecule has 1 unspecified atom stereocenters. The lowest BCUT2D eigenvalue weighted by molar-refractivity contribution is 0.0640. The quantitative estimate of drug-likeness (QED) is 0.628. The third-order valence-electron chi connectivity index (χ3n) is 2.86. The molecule has 1 heterocycles. The average molecular weight is 173 g/mol. The summed E-state index contributed by atoms with van der Waals surface area (Å²) in [5, 5.41) is 0. The van der Waals surface area contributed by atoms with E-state index in [1.807, 2.05) is 0 Å². The maximum Gasteiger partial charge on any atom is 0.0716 e. The SMILES string of the molecule is COC[C@]1(C)CC(OC)CN1C. The van der Waals surface area contributed by atoms with Gasteiger partial charge in [-0.15, -0.1) is 0 Å². The molecular weight excluding hydrogens is 154 g/mol. The van der Waals surface area contributed by atoms with Crippen molar-refractivity contribution in [1.29, 1.82) is 0 Å². The number of methoxy groups -OCH3 is 2. The molecule has 3 nitrogen and oxygen atoms in total. The number of ether oxygens (including phenoxy) is 2. The van der Waals surface area contributed by atoms with Gasteiger partial charge in [-0.3, -0.25) is 4.90 Å². The van der Waals surface area contributed by atoms with Crippen LogP contribution in [0.4, 0.5) is 0 Å². The van der Waals surface area contributed by atoms with Gasteiger partial charge >= 0.3 is 0 Å². The Morgan fingerprint density at radius 3 is 2.58 bits per heavy atom. The lowest BCUT2D eigenvalue weighted by Gasteiger charge is -2.30. The second-order valence-corrected chi connectivity index (χ2v) is 3.87. The summed E-state index contributed by atoms with van der Waals surface area (Å²) in [6, 6.07) is 0. The minimum Gasteiger partial charge on any atom is -0.383 e. The second-order valence-electron chi connectivity index (χ2n) is 3.87. The molecule has 0 saturated carbocycles. The number of likely N-dealkylation sites (N-methyl/N-ethyl adjacent to an activating group) is 1. The van der Waals surface area contributed by atoms with E-state index in [1.54, 1.807) is 14.2 Å². The molecule has 1 aliphatic rings. The number of hydrogen-bond donors (Lipinski definition) is 0. The molecule has 12 heavy (non-hydrogen) atoms. The van der Waals surface area contributed by atoms with Crippen LogP contribution in [0.1, 0.15) is 13.3 Å². The molecule has 0 aromatic carbocycles. The van der Waals surface area contributed by atoms with Crippen molar-refractivity contribution in [3.05, 3.63) is 0 Å². The van der Waals surface area contributed by atoms with Gasteiger partial charge in [0.15, 0.2) is 0 Å². The molecular formula is C9H19NO2. The van der Waals surface area contributed by atoms with Gasteiger partial charge < -0.3 is 9.47 Å². The Labute approximate surface area is 74.6 Å². The largest absolute Gasteiger partial charge is 0.383 e. The van der Waals surface area contributed by atoms with E-state index in [1.165, 1.54) is 0 Å². The van der Waals surface area contributed by atoms with Gasteiger partial charge in [-0.2, -0.15) is 0 Å². The lowest BCUT2D eigenvalue weighted by atomic mass is 10.00. The van der Waals surface area contributed by atoms with Crippen LogP contribution in [0.15, 0.2) is 0 Å². The van der Waals surface area contributed by atoms with E-state index in [4.69, 9.17) is 9.47 Å². The number of rotatable bonds is 3. The van der Waals surface area contributed by atoms with E-state index in [0.29, 0.717) is 6.10 Å². The summed E-state index contributed by atoms with van der Waals surface area (Å²) in [6.45, 7) is 4.01. The molecule has 0 N–H and O–H groups in total. The Hall–Kier alpha value is -0.120. The Morgan fingerprint density at radius 1 is 1.50 bits per heavy atom. The van der Waals surface area contributed by atoms with Crippen LogP contribution in [0, 0.1) is 0 Å². The molecule has 2 atom stereocenters. The third kappa shape index (κ3) is 1.79. The zero-order valence-corrected chi connectivity index (χ0v) is 8.46. The molecule has 0 aliphatic carbocycles. The van der Waals surface area contributed by atoms with Crippen LogP contribution in [0.2, 0.25) is 0 Å². The van der Waals surface area contributed by atoms with E-state index in [2.05, 4.69) is 18.9 Å². The van der Waals surface area contributed by atoms with Crippen molar-refractivity contribution in [3.8, 4) is 0 Å². The summed E-state index contributed by atoms with van der Waals surface area (Å²) in [7, 11) is 5.65. The van der Waals surface area contributed by atoms with Crippen molar-refractivity contribution in [2.45, 2.75) is 25.0 Å². The molecule has 72 valence electrons. The summed E-state index contributed by atoms with van der Waals surface area (Å²) < 4.78 is 10.5. The van der Waals surface area contributed by atoms with Crippen molar-refractivity contribution < 1.29 is 9.47 Å². The molecule has 0 amide bonds. The zero-order chi connectivity index (χ0) is 9.19. The van der Waals surface area contributed by atoms with E-state index in [-0.39, 0.29) is 5.54 Å². The van der Waals surface area contributed by atoms with Crippen molar-refractivity contribution in [2.75, 3.05) is 34.4 Å². The first-order valence-corrected chi connectivity index (χ1v) is 4.35. The molecule has 1 fully saturated rings. The first-order valence-electron chi connectivity index (χ1n) is 4.35. The van der Waals surface area contributed by atoms with Gasteiger partial charge in [-0.25, -0.2) is 0 Å². The van der Waals surface area contributed by atoms with Crippen molar-refractivity contribution in [2.24, 2.45) is 0 Å². The lowest BCUT2D eigenvalue weighted by Crippen LogP contribution is -2.42. The normalized spacial score (nSPS) is 37.5. The van der Waals surface area contributed by atoms with E-state index >= 15 is 0 Å². The highest BCUT2D eigenvalue weighted by Gasteiger charge is 2.39. The highest BCUT2D eigenvalue weighted by molar-refractivity contribution is 4.95. The summed E-state index contributed by atoms with van der Waals surface area (Å²) in [4.78, 5) is 2.31. The minimum atomic E-state index is 0.162. The van der Waals surface area contributed by atoms with Gasteiger partial charge in [0, 0.05) is 26.3 Å². The molecule has 1 aliphatic heterocycles. The van der Waals surface area contributed by atoms with E-state index in [9.17, 15) is 0 Å². The Balaban J connectivity index is 2.54. The van der Waals surface area contributed by atoms with Crippen LogP contribution < -0.4 is 0 Å². The monoisotopic (exact) mass is 173 g/mol. The second kappa shape index (κ2) is 3.73. The molecule has 0 bridgehead atoms. The molecule has 0 aromatic rings. The smallest absolute Gasteiger partial charge is 0.0716 e. The number of hydrogen-bond acceptors (Lipinski definition) is 3. The van der Waals surface area contributed by atoms with Crippen molar-refractivity contribution >= 4 is 0 Å². The fourth-order valence-electron chi connectivity index (χ4n) is 1.87. The van der Waals surface area contributed by atoms with Gasteiger partial charge in [0.1, 0.15) is 0 Å². The van der Waals surface area contributed by atoms with Gasteiger partial charge in [0.05, 0.1) is 12.7 Å². The van der Waals surface area contributed by atoms with Gasteiger partial charge in [0.2, 0.25) is 0 Å². The minimum absolute atomic E-state index is 0.162. The predicted octanol–water partition coefficient (Wildman–Crippen LogP) is 0.742. The average Bonchev–Trinajstić information content (AvgIpc) is 2.29. The maximum atomic E-state index is 5.33. The van der Waals surface area contributed by atoms with Crippen LogP contribution in [0.25, 0.3) is 0 Å². The molecule has 0 aromatic heterocycles. The van der Waals surface area contributed by atoms with Crippen molar-refractivity contribution in [3.63, 3.8) is 0 Å². The van der Waals surface area contributed by atoms with Crippen LogP contribution in [0.3, 0.4) is 0 Å². The Kier molecular flexibility index (Phi) is 3.09. The van der Waals surface area contributed by atoms with E-state index in [0.717, 1.165) is 19.6 Å². The number of nitrogens with zero attached hydrogens (tertiary/aromatic N) is 1. The van der Waals surface area contributed by atoms with Gasteiger partial charge in [0.25, 0.3) is 0 Å². The standard InChI is InChI=1S/C9H19NO2/c1-9(7-11-3)5-8(12-4)6-10(9)2/h8H,5-7H2,1-4H3/t8?,9-/m0/s1. The highest BCUT2D eigenvalue weighted by atomic mass is 16.5. The van der Waals surface area contributed by atoms with Crippen LogP contribution >= 0.6 is 0 Å². The number of likely N-dealkylation sites (tertiary alicyclic amines) is 1. The Morgan fingerprint density at radius 2 is 2.17 bits per heavy atom. The molecule has 3 heteroatoms. The fraction of sp³-hybridized carbons (Fsp3) is 1.00. The van der Waals surface area contributed by atoms with Crippen LogP contribution in [-0.2, 0) is 9.47 Å².